The molecule has 8 heteroatoms. The number of methoxy groups -OCH3 is 1. The number of thioether (sulfide) groups is 1. The molecule has 2 atom stereocenters. The van der Waals surface area contributed by atoms with Gasteiger partial charge in [-0.25, -0.2) is 0 Å². The molecule has 26 heavy (non-hydrogen) atoms. The molecule has 144 valence electrons. The lowest BCUT2D eigenvalue weighted by Gasteiger charge is -2.27. The topological polar surface area (TPSA) is 86.7 Å². The van der Waals surface area contributed by atoms with Crippen LogP contribution < -0.4 is 0 Å². The predicted molar refractivity (Wildman–Crippen MR) is 99.9 cm³/mol. The Bertz CT molecular complexity index is 727. The molecule has 1 aromatic rings. The number of rotatable bonds is 8. The van der Waals surface area contributed by atoms with E-state index in [-0.39, 0.29) is 30.0 Å². The van der Waals surface area contributed by atoms with Crippen molar-refractivity contribution in [3.05, 3.63) is 29.8 Å². The summed E-state index contributed by atoms with van der Waals surface area (Å²) < 4.78 is 32.2. The third-order valence-electron chi connectivity index (χ3n) is 4.15. The molecule has 0 radical (unpaired) electrons. The normalized spacial score (nSPS) is 20.5. The summed E-state index contributed by atoms with van der Waals surface area (Å²) in [6.45, 7) is 0. The van der Waals surface area contributed by atoms with Gasteiger partial charge in [-0.15, -0.1) is 11.8 Å². The van der Waals surface area contributed by atoms with Crippen molar-refractivity contribution in [1.82, 2.24) is 0 Å². The van der Waals surface area contributed by atoms with Crippen LogP contribution in [0.4, 0.5) is 0 Å². The lowest BCUT2D eigenvalue weighted by atomic mass is 9.97. The monoisotopic (exact) mass is 400 g/mol. The van der Waals surface area contributed by atoms with Crippen LogP contribution >= 0.6 is 11.8 Å². The molecule has 1 aliphatic carbocycles. The third-order valence-corrected chi connectivity index (χ3v) is 6.08. The molecule has 2 rings (SSSR count). The number of esters is 1. The highest BCUT2D eigenvalue weighted by atomic mass is 32.2. The van der Waals surface area contributed by atoms with Gasteiger partial charge in [-0.2, -0.15) is 8.42 Å². The zero-order chi connectivity index (χ0) is 19.2. The van der Waals surface area contributed by atoms with E-state index in [1.165, 1.54) is 7.11 Å². The van der Waals surface area contributed by atoms with Gasteiger partial charge in [0.1, 0.15) is 0 Å². The van der Waals surface area contributed by atoms with Crippen LogP contribution in [0.15, 0.2) is 29.2 Å². The van der Waals surface area contributed by atoms with Crippen molar-refractivity contribution < 1.29 is 26.9 Å². The van der Waals surface area contributed by atoms with Gasteiger partial charge in [-0.3, -0.25) is 13.8 Å². The lowest BCUT2D eigenvalue weighted by molar-refractivity contribution is -0.140. The van der Waals surface area contributed by atoms with Crippen molar-refractivity contribution in [3.8, 4) is 0 Å². The Morgan fingerprint density at radius 3 is 2.46 bits per heavy atom. The third kappa shape index (κ3) is 7.09. The van der Waals surface area contributed by atoms with Crippen molar-refractivity contribution in [2.45, 2.75) is 54.8 Å². The van der Waals surface area contributed by atoms with E-state index in [1.807, 2.05) is 12.1 Å². The first kappa shape index (κ1) is 20.9. The van der Waals surface area contributed by atoms with Gasteiger partial charge in [0, 0.05) is 22.1 Å². The number of carbonyl (C=O) groups excluding carboxylic acids is 2. The minimum Gasteiger partial charge on any atom is -0.469 e. The van der Waals surface area contributed by atoms with E-state index in [1.54, 1.807) is 23.9 Å². The van der Waals surface area contributed by atoms with Gasteiger partial charge in [0.2, 0.25) is 0 Å². The van der Waals surface area contributed by atoms with Crippen molar-refractivity contribution >= 4 is 33.6 Å². The summed E-state index contributed by atoms with van der Waals surface area (Å²) >= 11 is 1.68. The van der Waals surface area contributed by atoms with Crippen molar-refractivity contribution in [2.75, 3.05) is 13.4 Å². The lowest BCUT2D eigenvalue weighted by Crippen LogP contribution is -2.26. The van der Waals surface area contributed by atoms with Crippen LogP contribution in [0.25, 0.3) is 0 Å². The summed E-state index contributed by atoms with van der Waals surface area (Å²) in [4.78, 5) is 24.2. The highest BCUT2D eigenvalue weighted by Crippen LogP contribution is 2.35. The van der Waals surface area contributed by atoms with Gasteiger partial charge >= 0.3 is 5.97 Å². The van der Waals surface area contributed by atoms with Crippen molar-refractivity contribution in [1.29, 1.82) is 0 Å². The fourth-order valence-corrected chi connectivity index (χ4v) is 4.86. The molecule has 1 fully saturated rings. The zero-order valence-corrected chi connectivity index (χ0v) is 16.6. The summed E-state index contributed by atoms with van der Waals surface area (Å²) in [6, 6.07) is 7.29. The molecule has 0 saturated heterocycles. The van der Waals surface area contributed by atoms with Crippen LogP contribution in [0.5, 0.6) is 0 Å². The number of ketones is 1. The minimum atomic E-state index is -3.43. The molecule has 0 aromatic heterocycles. The zero-order valence-electron chi connectivity index (χ0n) is 15.0. The molecule has 0 amide bonds. The van der Waals surface area contributed by atoms with Gasteiger partial charge in [0.05, 0.1) is 25.9 Å². The average Bonchev–Trinajstić information content (AvgIpc) is 2.58. The molecule has 0 N–H and O–H groups in total. The van der Waals surface area contributed by atoms with Gasteiger partial charge in [-0.05, 0) is 37.8 Å². The second-order valence-corrected chi connectivity index (χ2v) is 9.33. The number of ether oxygens (including phenoxy) is 1. The molecule has 6 nitrogen and oxygen atoms in total. The van der Waals surface area contributed by atoms with Gasteiger partial charge in [-0.1, -0.05) is 12.1 Å². The van der Waals surface area contributed by atoms with Crippen LogP contribution in [0.1, 0.15) is 48.9 Å². The number of carbonyl (C=O) groups is 2. The van der Waals surface area contributed by atoms with E-state index in [0.717, 1.165) is 30.4 Å². The summed E-state index contributed by atoms with van der Waals surface area (Å²) in [7, 11) is -2.13. The Kier molecular flexibility index (Phi) is 7.67. The van der Waals surface area contributed by atoms with E-state index < -0.39 is 16.1 Å². The Balaban J connectivity index is 1.88. The quantitative estimate of drug-likeness (QED) is 0.376. The smallest absolute Gasteiger partial charge is 0.305 e. The predicted octanol–water partition coefficient (Wildman–Crippen LogP) is 3.20. The molecular weight excluding hydrogens is 376 g/mol. The first-order valence-corrected chi connectivity index (χ1v) is 11.2. The summed E-state index contributed by atoms with van der Waals surface area (Å²) in [5, 5.41) is 0.288. The summed E-state index contributed by atoms with van der Waals surface area (Å²) in [6.07, 6.45) is 4.43. The fraction of sp³-hybridized carbons (Fsp3) is 0.556. The maximum atomic E-state index is 12.1. The molecule has 1 saturated carbocycles. The summed E-state index contributed by atoms with van der Waals surface area (Å²) in [5.74, 6) is -0.486. The Hall–Kier alpha value is -1.38. The van der Waals surface area contributed by atoms with Crippen molar-refractivity contribution in [2.24, 2.45) is 0 Å². The highest BCUT2D eigenvalue weighted by Gasteiger charge is 2.26. The SMILES string of the molecule is COC(=O)CCC(=O)c1ccc(S[C@@H]2CCC[C@@H](OS(C)(=O)=O)C2)cc1. The molecule has 0 aliphatic heterocycles. The Morgan fingerprint density at radius 2 is 1.85 bits per heavy atom. The molecule has 0 heterocycles. The first-order chi connectivity index (χ1) is 12.3. The largest absolute Gasteiger partial charge is 0.469 e. The van der Waals surface area contributed by atoms with E-state index in [0.29, 0.717) is 12.0 Å². The van der Waals surface area contributed by atoms with Crippen LogP contribution in [0.3, 0.4) is 0 Å². The maximum absolute atomic E-state index is 12.1. The number of hydrogen-bond donors (Lipinski definition) is 0. The van der Waals surface area contributed by atoms with E-state index >= 15 is 0 Å². The Morgan fingerprint density at radius 1 is 1.15 bits per heavy atom. The first-order valence-electron chi connectivity index (χ1n) is 8.52. The van der Waals surface area contributed by atoms with Crippen LogP contribution in [0.2, 0.25) is 0 Å². The Labute approximate surface area is 158 Å². The molecule has 0 spiro atoms. The second kappa shape index (κ2) is 9.53. The van der Waals surface area contributed by atoms with Gasteiger partial charge in [0.25, 0.3) is 10.1 Å². The molecule has 0 unspecified atom stereocenters. The standard InChI is InChI=1S/C18H24O6S2/c1-23-18(20)11-10-17(19)13-6-8-15(9-7-13)25-16-5-3-4-14(12-16)24-26(2,21)22/h6-9,14,16H,3-5,10-12H2,1-2H3/t14-,16-/m1/s1. The second-order valence-electron chi connectivity index (χ2n) is 6.35. The molecule has 1 aromatic carbocycles. The number of hydrogen-bond acceptors (Lipinski definition) is 7. The summed E-state index contributed by atoms with van der Waals surface area (Å²) in [5.41, 5.74) is 0.570. The highest BCUT2D eigenvalue weighted by molar-refractivity contribution is 8.00. The van der Waals surface area contributed by atoms with Crippen LogP contribution in [-0.2, 0) is 23.8 Å². The fourth-order valence-electron chi connectivity index (χ4n) is 2.92. The minimum absolute atomic E-state index is 0.0790. The van der Waals surface area contributed by atoms with Crippen molar-refractivity contribution in [3.63, 3.8) is 0 Å². The number of benzene rings is 1. The van der Waals surface area contributed by atoms with Gasteiger partial charge in [0.15, 0.2) is 5.78 Å². The molecular formula is C18H24O6S2. The van der Waals surface area contributed by atoms with Gasteiger partial charge < -0.3 is 4.74 Å². The van der Waals surface area contributed by atoms with Crippen LogP contribution in [0, 0.1) is 0 Å². The molecule has 0 bridgehead atoms. The average molecular weight is 401 g/mol. The van der Waals surface area contributed by atoms with E-state index in [4.69, 9.17) is 4.18 Å². The van der Waals surface area contributed by atoms with E-state index in [9.17, 15) is 18.0 Å². The maximum Gasteiger partial charge on any atom is 0.305 e. The van der Waals surface area contributed by atoms with E-state index in [2.05, 4.69) is 4.74 Å². The number of Topliss-reactive ketones (excluding diaryl/α,β-unsaturated/α-hetero) is 1. The molecule has 1 aliphatic rings. The van der Waals surface area contributed by atoms with Crippen LogP contribution in [-0.4, -0.2) is 44.9 Å².